The van der Waals surface area contributed by atoms with Crippen molar-refractivity contribution in [2.24, 2.45) is 0 Å². The summed E-state index contributed by atoms with van der Waals surface area (Å²) in [6, 6.07) is 6.60. The Morgan fingerprint density at radius 2 is 1.76 bits per heavy atom. The van der Waals surface area contributed by atoms with Gasteiger partial charge in [-0.05, 0) is 50.3 Å². The predicted molar refractivity (Wildman–Crippen MR) is 146 cm³/mol. The number of hydrogen-bond acceptors (Lipinski definition) is 8. The van der Waals surface area contributed by atoms with Gasteiger partial charge in [0.25, 0.3) is 5.91 Å². The number of benzene rings is 1. The molecular weight excluding hydrogens is 512 g/mol. The molecular formula is C26H36N4O5S2. The van der Waals surface area contributed by atoms with E-state index in [1.807, 2.05) is 42.4 Å². The Hall–Kier alpha value is -2.37. The van der Waals surface area contributed by atoms with Crippen molar-refractivity contribution in [2.75, 3.05) is 31.6 Å². The minimum absolute atomic E-state index is 0.00147. The van der Waals surface area contributed by atoms with E-state index in [4.69, 9.17) is 0 Å². The molecule has 37 heavy (non-hydrogen) atoms. The van der Waals surface area contributed by atoms with E-state index >= 15 is 0 Å². The van der Waals surface area contributed by atoms with Gasteiger partial charge in [0.1, 0.15) is 6.04 Å². The van der Waals surface area contributed by atoms with Gasteiger partial charge >= 0.3 is 0 Å². The Morgan fingerprint density at radius 1 is 1.08 bits per heavy atom. The number of likely N-dealkylation sites (N-methyl/N-ethyl adjacent to an activating group) is 1. The number of carbonyl (C=O) groups is 5. The van der Waals surface area contributed by atoms with E-state index in [1.165, 1.54) is 13.3 Å². The van der Waals surface area contributed by atoms with Crippen molar-refractivity contribution in [3.8, 4) is 0 Å². The Morgan fingerprint density at radius 3 is 2.38 bits per heavy atom. The van der Waals surface area contributed by atoms with Crippen LogP contribution in [0, 0.1) is 0 Å². The molecule has 0 bridgehead atoms. The first-order valence-corrected chi connectivity index (χ1v) is 14.6. The summed E-state index contributed by atoms with van der Waals surface area (Å²) in [4.78, 5) is 65.1. The molecule has 3 rings (SSSR count). The van der Waals surface area contributed by atoms with Crippen LogP contribution in [-0.4, -0.2) is 82.0 Å². The molecule has 1 aromatic rings. The summed E-state index contributed by atoms with van der Waals surface area (Å²) < 4.78 is 0.00147. The lowest BCUT2D eigenvalue weighted by Crippen LogP contribution is -2.52. The Bertz CT molecular complexity index is 1000. The van der Waals surface area contributed by atoms with Crippen LogP contribution >= 0.6 is 23.5 Å². The lowest BCUT2D eigenvalue weighted by Gasteiger charge is -2.31. The number of likely N-dealkylation sites (tertiary alicyclic amines) is 1. The van der Waals surface area contributed by atoms with Gasteiger partial charge < -0.3 is 16.0 Å². The summed E-state index contributed by atoms with van der Waals surface area (Å²) in [7, 11) is 1.92. The van der Waals surface area contributed by atoms with Gasteiger partial charge in [0, 0.05) is 6.54 Å². The highest BCUT2D eigenvalue weighted by molar-refractivity contribution is 8.18. The third kappa shape index (κ3) is 7.81. The molecule has 1 spiro atoms. The number of carbonyl (C=O) groups excluding carboxylic acids is 5. The minimum Gasteiger partial charge on any atom is -0.344 e. The fourth-order valence-corrected chi connectivity index (χ4v) is 8.11. The quantitative estimate of drug-likeness (QED) is 0.357. The van der Waals surface area contributed by atoms with Gasteiger partial charge in [-0.25, -0.2) is 0 Å². The zero-order valence-electron chi connectivity index (χ0n) is 21.6. The molecule has 2 saturated heterocycles. The second kappa shape index (κ2) is 13.4. The lowest BCUT2D eigenvalue weighted by molar-refractivity contribution is -0.141. The smallest absolute Gasteiger partial charge is 0.290 e. The van der Waals surface area contributed by atoms with Crippen molar-refractivity contribution in [1.82, 2.24) is 20.9 Å². The van der Waals surface area contributed by atoms with Crippen molar-refractivity contribution in [1.29, 1.82) is 0 Å². The van der Waals surface area contributed by atoms with Crippen molar-refractivity contribution in [3.63, 3.8) is 0 Å². The van der Waals surface area contributed by atoms with Crippen LogP contribution in [0.4, 0.5) is 0 Å². The summed E-state index contributed by atoms with van der Waals surface area (Å²) >= 11 is 3.81. The van der Waals surface area contributed by atoms with Gasteiger partial charge in [-0.3, -0.25) is 28.9 Å². The van der Waals surface area contributed by atoms with Crippen LogP contribution in [-0.2, 0) is 24.0 Å². The fourth-order valence-electron chi connectivity index (χ4n) is 4.63. The number of nitrogens with one attached hydrogen (secondary N) is 3. The van der Waals surface area contributed by atoms with Gasteiger partial charge in [-0.15, -0.1) is 23.5 Å². The first-order chi connectivity index (χ1) is 17.7. The molecule has 202 valence electrons. The first kappa shape index (κ1) is 29.2. The fraction of sp³-hybridized carbons (Fsp3) is 0.577. The van der Waals surface area contributed by atoms with Crippen LogP contribution in [0.1, 0.15) is 51.1 Å². The summed E-state index contributed by atoms with van der Waals surface area (Å²) in [5.74, 6) is -0.668. The molecule has 1 unspecified atom stereocenters. The van der Waals surface area contributed by atoms with Gasteiger partial charge in [0.2, 0.25) is 17.6 Å². The number of rotatable bonds is 11. The standard InChI is InChI=1S/C26H36N4O5S2/c1-4-9-19(28-24(34)20-14-26(16-30(20)3)36-12-8-13-37-26)23(33)25(35)27-15-21(32)29-22(17(2)31)18-10-6-5-7-11-18/h5-7,10-11,19-20,22H,4,8-9,12-16H2,1-3H3,(H,27,35)(H,28,34)(H,29,32)/t19?,20-,22+/m0/s1. The third-order valence-electron chi connectivity index (χ3n) is 6.54. The van der Waals surface area contributed by atoms with Gasteiger partial charge in [-0.2, -0.15) is 0 Å². The number of thioether (sulfide) groups is 2. The van der Waals surface area contributed by atoms with E-state index < -0.39 is 36.2 Å². The maximum atomic E-state index is 13.1. The van der Waals surface area contributed by atoms with E-state index in [2.05, 4.69) is 16.0 Å². The average molecular weight is 549 g/mol. The number of nitrogens with zero attached hydrogens (tertiary/aromatic N) is 1. The lowest BCUT2D eigenvalue weighted by atomic mass is 10.0. The van der Waals surface area contributed by atoms with Crippen LogP contribution in [0.25, 0.3) is 0 Å². The number of Topliss-reactive ketones (excluding diaryl/α,β-unsaturated/α-hetero) is 2. The largest absolute Gasteiger partial charge is 0.344 e. The van der Waals surface area contributed by atoms with Crippen LogP contribution in [0.15, 0.2) is 30.3 Å². The van der Waals surface area contributed by atoms with E-state index in [-0.39, 0.29) is 21.8 Å². The van der Waals surface area contributed by atoms with Gasteiger partial charge in [0.15, 0.2) is 5.78 Å². The molecule has 11 heteroatoms. The van der Waals surface area contributed by atoms with E-state index in [1.54, 1.807) is 30.3 Å². The molecule has 3 N–H and O–H groups in total. The van der Waals surface area contributed by atoms with Gasteiger partial charge in [0.05, 0.1) is 22.7 Å². The van der Waals surface area contributed by atoms with E-state index in [0.717, 1.165) is 18.1 Å². The summed E-state index contributed by atoms with van der Waals surface area (Å²) in [5, 5.41) is 7.72. The SMILES string of the molecule is CCCC(NC(=O)[C@@H]1CC2(CN1C)SCCCS2)C(=O)C(=O)NCC(=O)N[C@H](C(C)=O)c1ccccc1. The second-order valence-electron chi connectivity index (χ2n) is 9.51. The van der Waals surface area contributed by atoms with Crippen LogP contribution in [0.3, 0.4) is 0 Å². The molecule has 2 fully saturated rings. The molecule has 9 nitrogen and oxygen atoms in total. The second-order valence-corrected chi connectivity index (χ2v) is 12.7. The maximum absolute atomic E-state index is 13.1. The minimum atomic E-state index is -0.966. The molecule has 0 aliphatic carbocycles. The highest BCUT2D eigenvalue weighted by Gasteiger charge is 2.47. The summed E-state index contributed by atoms with van der Waals surface area (Å²) in [6.07, 6.45) is 2.77. The molecule has 2 aliphatic heterocycles. The Kier molecular flexibility index (Phi) is 10.6. The zero-order valence-corrected chi connectivity index (χ0v) is 23.2. The molecule has 0 aromatic heterocycles. The number of hydrogen-bond donors (Lipinski definition) is 3. The normalized spacial score (nSPS) is 20.6. The molecule has 3 atom stereocenters. The van der Waals surface area contributed by atoms with Crippen molar-refractivity contribution >= 4 is 52.8 Å². The van der Waals surface area contributed by atoms with E-state index in [0.29, 0.717) is 24.8 Å². The maximum Gasteiger partial charge on any atom is 0.290 e. The average Bonchev–Trinajstić information content (AvgIpc) is 3.20. The highest BCUT2D eigenvalue weighted by Crippen LogP contribution is 2.49. The molecule has 1 aromatic carbocycles. The molecule has 0 saturated carbocycles. The Balaban J connectivity index is 1.54. The van der Waals surface area contributed by atoms with Crippen LogP contribution in [0.5, 0.6) is 0 Å². The monoisotopic (exact) mass is 548 g/mol. The number of amides is 3. The van der Waals surface area contributed by atoms with Crippen molar-refractivity contribution in [2.45, 2.75) is 61.7 Å². The summed E-state index contributed by atoms with van der Waals surface area (Å²) in [5.41, 5.74) is 0.625. The molecule has 3 amide bonds. The number of ketones is 2. The topological polar surface area (TPSA) is 125 Å². The third-order valence-corrected chi connectivity index (χ3v) is 9.87. The zero-order chi connectivity index (χ0) is 27.0. The predicted octanol–water partition coefficient (Wildman–Crippen LogP) is 1.67. The molecule has 2 aliphatic rings. The van der Waals surface area contributed by atoms with Crippen molar-refractivity contribution < 1.29 is 24.0 Å². The highest BCUT2D eigenvalue weighted by atomic mass is 32.2. The molecule has 0 radical (unpaired) electrons. The summed E-state index contributed by atoms with van der Waals surface area (Å²) in [6.45, 7) is 3.57. The van der Waals surface area contributed by atoms with Crippen LogP contribution in [0.2, 0.25) is 0 Å². The van der Waals surface area contributed by atoms with E-state index in [9.17, 15) is 24.0 Å². The first-order valence-electron chi connectivity index (χ1n) is 12.6. The van der Waals surface area contributed by atoms with Crippen molar-refractivity contribution in [3.05, 3.63) is 35.9 Å². The Labute approximate surface area is 226 Å². The van der Waals surface area contributed by atoms with Crippen LogP contribution < -0.4 is 16.0 Å². The molecule has 2 heterocycles. The van der Waals surface area contributed by atoms with Gasteiger partial charge in [-0.1, -0.05) is 43.7 Å².